The number of carboxylic acids is 1. The monoisotopic (exact) mass is 482 g/mol. The molecular formula is C26H26N8O2. The number of pyridine rings is 1. The summed E-state index contributed by atoms with van der Waals surface area (Å²) >= 11 is 0. The summed E-state index contributed by atoms with van der Waals surface area (Å²) in [4.78, 5) is 24.7. The molecule has 0 saturated heterocycles. The minimum atomic E-state index is -0.923. The van der Waals surface area contributed by atoms with Gasteiger partial charge in [0.15, 0.2) is 0 Å². The minimum Gasteiger partial charge on any atom is -0.481 e. The molecule has 0 saturated carbocycles. The molecule has 4 aromatic rings. The molecule has 36 heavy (non-hydrogen) atoms. The summed E-state index contributed by atoms with van der Waals surface area (Å²) in [5.41, 5.74) is 4.66. The van der Waals surface area contributed by atoms with Crippen molar-refractivity contribution in [2.75, 3.05) is 11.9 Å². The van der Waals surface area contributed by atoms with Crippen LogP contribution in [-0.4, -0.2) is 47.6 Å². The van der Waals surface area contributed by atoms with E-state index in [2.05, 4.69) is 52.4 Å². The Morgan fingerprint density at radius 3 is 2.58 bits per heavy atom. The fourth-order valence-corrected chi connectivity index (χ4v) is 3.48. The average molecular weight is 483 g/mol. The van der Waals surface area contributed by atoms with Gasteiger partial charge in [-0.05, 0) is 30.3 Å². The van der Waals surface area contributed by atoms with Crippen LogP contribution in [0, 0.1) is 11.3 Å². The Kier molecular flexibility index (Phi) is 7.01. The number of carbonyl (C=O) groups is 1. The summed E-state index contributed by atoms with van der Waals surface area (Å²) < 4.78 is 1.69. The first-order valence-electron chi connectivity index (χ1n) is 11.4. The zero-order chi connectivity index (χ0) is 25.7. The first-order chi connectivity index (χ1) is 17.2. The van der Waals surface area contributed by atoms with Gasteiger partial charge in [-0.2, -0.15) is 5.26 Å². The molecule has 10 nitrogen and oxygen atoms in total. The van der Waals surface area contributed by atoms with Gasteiger partial charge in [0.05, 0.1) is 47.9 Å². The number of nitrogens with zero attached hydrogens (tertiary/aromatic N) is 7. The number of aromatic nitrogens is 6. The molecule has 0 atom stereocenters. The number of hydrogen-bond acceptors (Lipinski definition) is 8. The van der Waals surface area contributed by atoms with E-state index in [9.17, 15) is 10.1 Å². The van der Waals surface area contributed by atoms with Crippen molar-refractivity contribution in [3.8, 4) is 28.7 Å². The topological polar surface area (TPSA) is 142 Å². The molecule has 3 heterocycles. The maximum Gasteiger partial charge on any atom is 0.305 e. The molecule has 2 N–H and O–H groups in total. The van der Waals surface area contributed by atoms with Gasteiger partial charge in [0, 0.05) is 23.2 Å². The number of nitrogens with one attached hydrogen (secondary N) is 1. The van der Waals surface area contributed by atoms with Crippen molar-refractivity contribution in [3.05, 3.63) is 71.7 Å². The highest BCUT2D eigenvalue weighted by Gasteiger charge is 2.16. The van der Waals surface area contributed by atoms with Crippen molar-refractivity contribution in [1.82, 2.24) is 29.9 Å². The maximum atomic E-state index is 10.9. The van der Waals surface area contributed by atoms with Crippen LogP contribution in [0.5, 0.6) is 0 Å². The fourth-order valence-electron chi connectivity index (χ4n) is 3.48. The first kappa shape index (κ1) is 24.5. The Morgan fingerprint density at radius 1 is 1.06 bits per heavy atom. The Bertz CT molecular complexity index is 1430. The molecule has 0 aliphatic rings. The number of rotatable bonds is 8. The van der Waals surface area contributed by atoms with Gasteiger partial charge in [0.1, 0.15) is 5.69 Å². The first-order valence-corrected chi connectivity index (χ1v) is 11.4. The molecule has 0 radical (unpaired) electrons. The molecule has 3 aromatic heterocycles. The van der Waals surface area contributed by atoms with Crippen LogP contribution in [-0.2, 0) is 16.8 Å². The number of anilines is 1. The lowest BCUT2D eigenvalue weighted by molar-refractivity contribution is -0.136. The molecule has 0 amide bonds. The van der Waals surface area contributed by atoms with Crippen LogP contribution in [0.2, 0.25) is 0 Å². The standard InChI is InChI=1S/C26H26N8O2/c1-26(2,3)23-9-5-8-19(29-23)15-34-16-22(32-33-34)21-13-20(18-7-4-6-17(12-18)14-27)30-25(31-21)28-11-10-24(35)36/h4-9,12-13,16H,10-11,15H2,1-3H3,(H,35,36)(H,28,30,31). The lowest BCUT2D eigenvalue weighted by atomic mass is 9.91. The van der Waals surface area contributed by atoms with Gasteiger partial charge in [-0.1, -0.05) is 44.2 Å². The Morgan fingerprint density at radius 2 is 1.83 bits per heavy atom. The van der Waals surface area contributed by atoms with Gasteiger partial charge in [0.2, 0.25) is 5.95 Å². The van der Waals surface area contributed by atoms with Crippen LogP contribution in [0.1, 0.15) is 44.1 Å². The van der Waals surface area contributed by atoms with E-state index in [0.717, 1.165) is 17.0 Å². The Hall–Kier alpha value is -4.65. The van der Waals surface area contributed by atoms with E-state index in [1.165, 1.54) is 0 Å². The molecule has 0 bridgehead atoms. The largest absolute Gasteiger partial charge is 0.481 e. The summed E-state index contributed by atoms with van der Waals surface area (Å²) in [5.74, 6) is -0.659. The third kappa shape index (κ3) is 6.07. The molecular weight excluding hydrogens is 456 g/mol. The van der Waals surface area contributed by atoms with Crippen molar-refractivity contribution in [1.29, 1.82) is 5.26 Å². The van der Waals surface area contributed by atoms with Gasteiger partial charge >= 0.3 is 5.97 Å². The number of benzene rings is 1. The van der Waals surface area contributed by atoms with E-state index in [4.69, 9.17) is 10.1 Å². The smallest absolute Gasteiger partial charge is 0.305 e. The Labute approximate surface area is 208 Å². The van der Waals surface area contributed by atoms with Crippen LogP contribution in [0.4, 0.5) is 5.95 Å². The van der Waals surface area contributed by atoms with E-state index in [0.29, 0.717) is 29.2 Å². The van der Waals surface area contributed by atoms with Gasteiger partial charge < -0.3 is 10.4 Å². The van der Waals surface area contributed by atoms with E-state index in [1.54, 1.807) is 35.1 Å². The molecule has 1 aromatic carbocycles. The quantitative estimate of drug-likeness (QED) is 0.382. The van der Waals surface area contributed by atoms with E-state index in [-0.39, 0.29) is 24.3 Å². The summed E-state index contributed by atoms with van der Waals surface area (Å²) in [6.45, 7) is 6.97. The molecule has 0 spiro atoms. The van der Waals surface area contributed by atoms with Gasteiger partial charge in [-0.15, -0.1) is 5.10 Å². The van der Waals surface area contributed by atoms with Crippen molar-refractivity contribution in [3.63, 3.8) is 0 Å². The number of carboxylic acid groups (broad SMARTS) is 1. The molecule has 0 aliphatic heterocycles. The van der Waals surface area contributed by atoms with E-state index >= 15 is 0 Å². The Balaban J connectivity index is 1.65. The van der Waals surface area contributed by atoms with Crippen LogP contribution in [0.15, 0.2) is 54.7 Å². The molecule has 0 aliphatic carbocycles. The highest BCUT2D eigenvalue weighted by Crippen LogP contribution is 2.25. The average Bonchev–Trinajstić information content (AvgIpc) is 3.32. The third-order valence-corrected chi connectivity index (χ3v) is 5.34. The molecule has 10 heteroatoms. The van der Waals surface area contributed by atoms with E-state index in [1.807, 2.05) is 24.3 Å². The van der Waals surface area contributed by atoms with Gasteiger partial charge in [0.25, 0.3) is 0 Å². The van der Waals surface area contributed by atoms with Crippen LogP contribution in [0.25, 0.3) is 22.6 Å². The molecule has 0 fully saturated rings. The van der Waals surface area contributed by atoms with Crippen molar-refractivity contribution < 1.29 is 9.90 Å². The number of hydrogen-bond donors (Lipinski definition) is 2. The number of aliphatic carboxylic acids is 1. The second kappa shape index (κ2) is 10.3. The molecule has 182 valence electrons. The summed E-state index contributed by atoms with van der Waals surface area (Å²) in [6.07, 6.45) is 1.70. The highest BCUT2D eigenvalue weighted by molar-refractivity contribution is 5.69. The zero-order valence-electron chi connectivity index (χ0n) is 20.3. The second-order valence-corrected chi connectivity index (χ2v) is 9.29. The molecule has 4 rings (SSSR count). The van der Waals surface area contributed by atoms with Crippen LogP contribution >= 0.6 is 0 Å². The van der Waals surface area contributed by atoms with Crippen molar-refractivity contribution in [2.24, 2.45) is 0 Å². The summed E-state index contributed by atoms with van der Waals surface area (Å²) in [7, 11) is 0. The second-order valence-electron chi connectivity index (χ2n) is 9.29. The van der Waals surface area contributed by atoms with Gasteiger partial charge in [-0.3, -0.25) is 9.78 Å². The van der Waals surface area contributed by atoms with E-state index < -0.39 is 5.97 Å². The van der Waals surface area contributed by atoms with Crippen molar-refractivity contribution >= 4 is 11.9 Å². The lowest BCUT2D eigenvalue weighted by Gasteiger charge is -2.18. The number of nitriles is 1. The fraction of sp³-hybridized carbons (Fsp3) is 0.269. The van der Waals surface area contributed by atoms with Crippen molar-refractivity contribution in [2.45, 2.75) is 39.2 Å². The predicted molar refractivity (Wildman–Crippen MR) is 134 cm³/mol. The molecule has 0 unspecified atom stereocenters. The highest BCUT2D eigenvalue weighted by atomic mass is 16.4. The predicted octanol–water partition coefficient (Wildman–Crippen LogP) is 3.90. The maximum absolute atomic E-state index is 10.9. The summed E-state index contributed by atoms with van der Waals surface area (Å²) in [6, 6.07) is 16.9. The minimum absolute atomic E-state index is 0.0617. The third-order valence-electron chi connectivity index (χ3n) is 5.34. The SMILES string of the molecule is CC(C)(C)c1cccc(Cn2cc(-c3cc(-c4cccc(C#N)c4)nc(NCCC(=O)O)n3)nn2)n1. The zero-order valence-corrected chi connectivity index (χ0v) is 20.3. The summed E-state index contributed by atoms with van der Waals surface area (Å²) in [5, 5.41) is 29.7. The lowest BCUT2D eigenvalue weighted by Crippen LogP contribution is -2.15. The normalized spacial score (nSPS) is 11.2. The van der Waals surface area contributed by atoms with Gasteiger partial charge in [-0.25, -0.2) is 14.6 Å². The van der Waals surface area contributed by atoms with Crippen LogP contribution in [0.3, 0.4) is 0 Å². The van der Waals surface area contributed by atoms with Crippen LogP contribution < -0.4 is 5.32 Å².